The molecule has 2 heterocycles. The van der Waals surface area contributed by atoms with Crippen molar-refractivity contribution in [2.24, 2.45) is 0 Å². The number of rotatable bonds is 7. The van der Waals surface area contributed by atoms with E-state index in [2.05, 4.69) is 4.98 Å². The Bertz CT molecular complexity index is 1220. The highest BCUT2D eigenvalue weighted by molar-refractivity contribution is 6.46. The number of halogens is 1. The monoisotopic (exact) mass is 460 g/mol. The van der Waals surface area contributed by atoms with Crippen molar-refractivity contribution in [2.75, 3.05) is 6.54 Å². The van der Waals surface area contributed by atoms with Crippen molar-refractivity contribution in [3.63, 3.8) is 0 Å². The van der Waals surface area contributed by atoms with E-state index in [0.29, 0.717) is 23.3 Å². The largest absolute Gasteiger partial charge is 0.507 e. The van der Waals surface area contributed by atoms with E-state index >= 15 is 0 Å². The number of ketones is 1. The molecule has 1 saturated heterocycles. The molecule has 0 saturated carbocycles. The fourth-order valence-electron chi connectivity index (χ4n) is 4.04. The van der Waals surface area contributed by atoms with Crippen LogP contribution in [-0.4, -0.2) is 39.3 Å². The molecule has 1 aromatic heterocycles. The summed E-state index contributed by atoms with van der Waals surface area (Å²) in [5, 5.41) is 11.2. The van der Waals surface area contributed by atoms with Crippen LogP contribution in [0.2, 0.25) is 0 Å². The first-order valence-electron chi connectivity index (χ1n) is 11.0. The second-order valence-electron chi connectivity index (χ2n) is 8.35. The average Bonchev–Trinajstić information content (AvgIpc) is 3.08. The highest BCUT2D eigenvalue weighted by atomic mass is 19.1. The Kier molecular flexibility index (Phi) is 6.72. The third kappa shape index (κ3) is 4.83. The molecule has 1 aliphatic rings. The lowest BCUT2D eigenvalue weighted by atomic mass is 9.96. The summed E-state index contributed by atoms with van der Waals surface area (Å²) >= 11 is 0. The van der Waals surface area contributed by atoms with E-state index in [4.69, 9.17) is 4.74 Å². The van der Waals surface area contributed by atoms with Gasteiger partial charge in [-0.15, -0.1) is 0 Å². The van der Waals surface area contributed by atoms with Crippen LogP contribution in [0, 0.1) is 5.82 Å². The number of aliphatic hydroxyl groups is 1. The van der Waals surface area contributed by atoms with E-state index in [1.54, 1.807) is 60.9 Å². The minimum absolute atomic E-state index is 0.00111. The normalized spacial score (nSPS) is 17.4. The van der Waals surface area contributed by atoms with Gasteiger partial charge in [-0.2, -0.15) is 0 Å². The van der Waals surface area contributed by atoms with Crippen molar-refractivity contribution < 1.29 is 23.8 Å². The molecule has 0 spiro atoms. The fraction of sp³-hybridized carbons (Fsp3) is 0.222. The van der Waals surface area contributed by atoms with Gasteiger partial charge in [0, 0.05) is 24.5 Å². The summed E-state index contributed by atoms with van der Waals surface area (Å²) in [4.78, 5) is 31.7. The standard InChI is InChI=1S/C27H25FN2O4/c1-17(2)34-22-7-3-5-19(15-22)25(31)23-24(20-6-4-13-29-16-20)30(27(33)26(23)32)14-12-18-8-10-21(28)11-9-18/h3-11,13,15-17,24,31H,12,14H2,1-2H3/b25-23-. The fourth-order valence-corrected chi connectivity index (χ4v) is 4.04. The van der Waals surface area contributed by atoms with Gasteiger partial charge in [0.2, 0.25) is 0 Å². The molecule has 1 amide bonds. The van der Waals surface area contributed by atoms with Gasteiger partial charge < -0.3 is 14.7 Å². The number of carbonyl (C=O) groups is 2. The maximum Gasteiger partial charge on any atom is 0.295 e. The molecule has 3 aromatic rings. The number of carbonyl (C=O) groups excluding carboxylic acids is 2. The second-order valence-corrected chi connectivity index (χ2v) is 8.35. The number of pyridine rings is 1. The minimum Gasteiger partial charge on any atom is -0.507 e. The zero-order chi connectivity index (χ0) is 24.2. The number of nitrogens with zero attached hydrogens (tertiary/aromatic N) is 2. The zero-order valence-electron chi connectivity index (χ0n) is 18.9. The summed E-state index contributed by atoms with van der Waals surface area (Å²) in [6.07, 6.45) is 3.53. The summed E-state index contributed by atoms with van der Waals surface area (Å²) in [7, 11) is 0. The first-order valence-corrected chi connectivity index (χ1v) is 11.0. The summed E-state index contributed by atoms with van der Waals surface area (Å²) in [5.74, 6) is -1.54. The topological polar surface area (TPSA) is 79.7 Å². The van der Waals surface area contributed by atoms with Gasteiger partial charge >= 0.3 is 0 Å². The number of aliphatic hydroxyl groups excluding tert-OH is 1. The van der Waals surface area contributed by atoms with E-state index in [0.717, 1.165) is 5.56 Å². The number of benzene rings is 2. The van der Waals surface area contributed by atoms with E-state index in [1.165, 1.54) is 17.0 Å². The van der Waals surface area contributed by atoms with Gasteiger partial charge in [0.15, 0.2) is 0 Å². The highest BCUT2D eigenvalue weighted by Gasteiger charge is 2.46. The summed E-state index contributed by atoms with van der Waals surface area (Å²) in [6, 6.07) is 15.5. The first kappa shape index (κ1) is 23.2. The third-order valence-corrected chi connectivity index (χ3v) is 5.57. The molecule has 174 valence electrons. The maximum absolute atomic E-state index is 13.3. The molecule has 7 heteroatoms. The summed E-state index contributed by atoms with van der Waals surface area (Å²) < 4.78 is 19.0. The molecule has 0 bridgehead atoms. The Morgan fingerprint density at radius 2 is 1.88 bits per heavy atom. The van der Waals surface area contributed by atoms with Gasteiger partial charge in [0.05, 0.1) is 17.7 Å². The Labute approximate surface area is 197 Å². The van der Waals surface area contributed by atoms with Crippen molar-refractivity contribution in [3.05, 3.63) is 101 Å². The number of aromatic nitrogens is 1. The Hall–Kier alpha value is -4.00. The molecular weight excluding hydrogens is 435 g/mol. The van der Waals surface area contributed by atoms with Crippen molar-refractivity contribution in [2.45, 2.75) is 32.4 Å². The molecule has 1 aliphatic heterocycles. The molecule has 4 rings (SSSR count). The predicted molar refractivity (Wildman–Crippen MR) is 126 cm³/mol. The number of hydrogen-bond donors (Lipinski definition) is 1. The third-order valence-electron chi connectivity index (χ3n) is 5.57. The summed E-state index contributed by atoms with van der Waals surface area (Å²) in [5.41, 5.74) is 1.81. The Balaban J connectivity index is 1.74. The van der Waals surface area contributed by atoms with Gasteiger partial charge in [-0.05, 0) is 61.7 Å². The van der Waals surface area contributed by atoms with Crippen LogP contribution in [0.1, 0.15) is 36.6 Å². The van der Waals surface area contributed by atoms with Gasteiger partial charge in [0.25, 0.3) is 11.7 Å². The van der Waals surface area contributed by atoms with Crippen LogP contribution in [0.5, 0.6) is 5.75 Å². The summed E-state index contributed by atoms with van der Waals surface area (Å²) in [6.45, 7) is 3.99. The lowest BCUT2D eigenvalue weighted by Gasteiger charge is -2.25. The van der Waals surface area contributed by atoms with Crippen molar-refractivity contribution in [3.8, 4) is 5.75 Å². The molecule has 2 aromatic carbocycles. The smallest absolute Gasteiger partial charge is 0.295 e. The molecule has 6 nitrogen and oxygen atoms in total. The van der Waals surface area contributed by atoms with E-state index < -0.39 is 17.7 Å². The van der Waals surface area contributed by atoms with Gasteiger partial charge in [0.1, 0.15) is 17.3 Å². The number of likely N-dealkylation sites (tertiary alicyclic amines) is 1. The molecule has 1 N–H and O–H groups in total. The molecular formula is C27H25FN2O4. The number of ether oxygens (including phenoxy) is 1. The van der Waals surface area contributed by atoms with E-state index in [-0.39, 0.29) is 29.8 Å². The van der Waals surface area contributed by atoms with Gasteiger partial charge in [-0.25, -0.2) is 4.39 Å². The van der Waals surface area contributed by atoms with Gasteiger partial charge in [-0.1, -0.05) is 30.3 Å². The van der Waals surface area contributed by atoms with Crippen LogP contribution in [0.25, 0.3) is 5.76 Å². The highest BCUT2D eigenvalue weighted by Crippen LogP contribution is 2.39. The Morgan fingerprint density at radius 1 is 1.12 bits per heavy atom. The number of amides is 1. The Morgan fingerprint density at radius 3 is 2.56 bits per heavy atom. The predicted octanol–water partition coefficient (Wildman–Crippen LogP) is 4.67. The molecule has 0 radical (unpaired) electrons. The quantitative estimate of drug-likeness (QED) is 0.315. The van der Waals surface area contributed by atoms with Crippen LogP contribution >= 0.6 is 0 Å². The van der Waals surface area contributed by atoms with Crippen LogP contribution in [0.15, 0.2) is 78.6 Å². The van der Waals surface area contributed by atoms with Crippen LogP contribution in [0.4, 0.5) is 4.39 Å². The maximum atomic E-state index is 13.3. The van der Waals surface area contributed by atoms with E-state index in [9.17, 15) is 19.1 Å². The molecule has 1 unspecified atom stereocenters. The van der Waals surface area contributed by atoms with E-state index in [1.807, 2.05) is 13.8 Å². The lowest BCUT2D eigenvalue weighted by Crippen LogP contribution is -2.31. The molecule has 1 fully saturated rings. The zero-order valence-corrected chi connectivity index (χ0v) is 18.9. The van der Waals surface area contributed by atoms with Crippen LogP contribution in [-0.2, 0) is 16.0 Å². The van der Waals surface area contributed by atoms with Crippen molar-refractivity contribution >= 4 is 17.4 Å². The lowest BCUT2D eigenvalue weighted by molar-refractivity contribution is -0.139. The number of hydrogen-bond acceptors (Lipinski definition) is 5. The SMILES string of the molecule is CC(C)Oc1cccc(/C(O)=C2/C(=O)C(=O)N(CCc3ccc(F)cc3)C2c2cccnc2)c1. The molecule has 1 atom stereocenters. The van der Waals surface area contributed by atoms with Crippen molar-refractivity contribution in [1.29, 1.82) is 0 Å². The van der Waals surface area contributed by atoms with Crippen molar-refractivity contribution in [1.82, 2.24) is 9.88 Å². The van der Waals surface area contributed by atoms with Crippen LogP contribution in [0.3, 0.4) is 0 Å². The van der Waals surface area contributed by atoms with Gasteiger partial charge in [-0.3, -0.25) is 14.6 Å². The molecule has 34 heavy (non-hydrogen) atoms. The molecule has 0 aliphatic carbocycles. The van der Waals surface area contributed by atoms with Crippen LogP contribution < -0.4 is 4.74 Å². The minimum atomic E-state index is -0.802. The average molecular weight is 461 g/mol. The second kappa shape index (κ2) is 9.87. The number of Topliss-reactive ketones (excluding diaryl/α,β-unsaturated/α-hetero) is 1. The first-order chi connectivity index (χ1) is 16.3.